The normalized spacial score (nSPS) is 12.5. The second-order valence-corrected chi connectivity index (χ2v) is 8.11. The third kappa shape index (κ3) is 3.59. The Kier molecular flexibility index (Phi) is 4.76. The highest BCUT2D eigenvalue weighted by Gasteiger charge is 2.23. The maximum atomic E-state index is 12.9. The lowest BCUT2D eigenvalue weighted by molar-refractivity contribution is -0.120. The highest BCUT2D eigenvalue weighted by atomic mass is 16.7. The van der Waals surface area contributed by atoms with E-state index in [0.29, 0.717) is 29.4 Å². The first-order valence-electron chi connectivity index (χ1n) is 11.0. The number of carbonyl (C=O) groups excluding carboxylic acids is 1. The summed E-state index contributed by atoms with van der Waals surface area (Å²) in [5.41, 5.74) is 4.75. The first-order valence-corrected chi connectivity index (χ1v) is 11.0. The summed E-state index contributed by atoms with van der Waals surface area (Å²) in [5, 5.41) is 5.12. The lowest BCUT2D eigenvalue weighted by Crippen LogP contribution is -2.27. The van der Waals surface area contributed by atoms with Gasteiger partial charge in [0.25, 0.3) is 0 Å². The van der Waals surface area contributed by atoms with Gasteiger partial charge in [-0.3, -0.25) is 4.79 Å². The van der Waals surface area contributed by atoms with Crippen LogP contribution in [0.5, 0.6) is 11.5 Å². The minimum absolute atomic E-state index is 0.0487. The van der Waals surface area contributed by atoms with Crippen LogP contribution in [0.1, 0.15) is 11.1 Å². The largest absolute Gasteiger partial charge is 0.456 e. The van der Waals surface area contributed by atoms with Crippen molar-refractivity contribution in [3.05, 3.63) is 84.1 Å². The predicted molar refractivity (Wildman–Crippen MR) is 126 cm³/mol. The zero-order valence-corrected chi connectivity index (χ0v) is 17.9. The van der Waals surface area contributed by atoms with Crippen molar-refractivity contribution in [2.75, 3.05) is 13.3 Å². The van der Waals surface area contributed by atoms with E-state index in [4.69, 9.17) is 13.9 Å². The summed E-state index contributed by atoms with van der Waals surface area (Å²) in [6.07, 6.45) is 2.98. The van der Waals surface area contributed by atoms with E-state index in [2.05, 4.69) is 22.4 Å². The summed E-state index contributed by atoms with van der Waals surface area (Å²) < 4.78 is 17.3. The van der Waals surface area contributed by atoms with E-state index in [0.717, 1.165) is 28.5 Å². The van der Waals surface area contributed by atoms with Crippen LogP contribution in [0, 0.1) is 0 Å². The van der Waals surface area contributed by atoms with Gasteiger partial charge < -0.3 is 24.2 Å². The summed E-state index contributed by atoms with van der Waals surface area (Å²) in [6, 6.07) is 21.8. The Morgan fingerprint density at radius 1 is 0.939 bits per heavy atom. The van der Waals surface area contributed by atoms with Gasteiger partial charge in [-0.25, -0.2) is 0 Å². The van der Waals surface area contributed by atoms with Gasteiger partial charge in [-0.15, -0.1) is 0 Å². The number of nitrogens with one attached hydrogen (secondary N) is 2. The molecule has 0 saturated carbocycles. The molecule has 0 bridgehead atoms. The number of hydrogen-bond acceptors (Lipinski definition) is 4. The highest BCUT2D eigenvalue weighted by molar-refractivity contribution is 5.95. The standard InChI is InChI=1S/C27H22N2O4/c30-26(28-11-10-18-15-29-22-9-5-4-8-19(18)22)13-21-20-12-24-25(32-16-31-24)14-23(20)33-27(21)17-6-2-1-3-7-17/h1-9,12,14-15,29H,10-11,13,16H2,(H,28,30). The molecule has 2 aromatic heterocycles. The summed E-state index contributed by atoms with van der Waals surface area (Å²) >= 11 is 0. The third-order valence-electron chi connectivity index (χ3n) is 6.05. The third-order valence-corrected chi connectivity index (χ3v) is 6.05. The molecule has 164 valence electrons. The van der Waals surface area contributed by atoms with Crippen molar-refractivity contribution in [2.24, 2.45) is 0 Å². The molecule has 0 radical (unpaired) electrons. The summed E-state index contributed by atoms with van der Waals surface area (Å²) in [4.78, 5) is 16.2. The van der Waals surface area contributed by atoms with E-state index in [1.54, 1.807) is 0 Å². The number of hydrogen-bond donors (Lipinski definition) is 2. The number of ether oxygens (including phenoxy) is 2. The van der Waals surface area contributed by atoms with Crippen LogP contribution in [0.25, 0.3) is 33.2 Å². The highest BCUT2D eigenvalue weighted by Crippen LogP contribution is 2.41. The zero-order valence-electron chi connectivity index (χ0n) is 17.9. The van der Waals surface area contributed by atoms with Gasteiger partial charge in [0, 0.05) is 46.2 Å². The topological polar surface area (TPSA) is 76.5 Å². The molecule has 0 aliphatic carbocycles. The Morgan fingerprint density at radius 3 is 2.61 bits per heavy atom. The van der Waals surface area contributed by atoms with Gasteiger partial charge in [-0.2, -0.15) is 0 Å². The lowest BCUT2D eigenvalue weighted by Gasteiger charge is -2.07. The predicted octanol–water partition coefficient (Wildman–Crippen LogP) is 5.21. The number of amides is 1. The number of aromatic amines is 1. The lowest BCUT2D eigenvalue weighted by atomic mass is 10.0. The van der Waals surface area contributed by atoms with Crippen molar-refractivity contribution < 1.29 is 18.7 Å². The minimum atomic E-state index is -0.0487. The van der Waals surface area contributed by atoms with Gasteiger partial charge in [0.1, 0.15) is 11.3 Å². The van der Waals surface area contributed by atoms with Crippen LogP contribution in [-0.2, 0) is 17.6 Å². The van der Waals surface area contributed by atoms with Crippen molar-refractivity contribution in [3.63, 3.8) is 0 Å². The Labute approximate surface area is 190 Å². The number of aromatic nitrogens is 1. The Hall–Kier alpha value is -4.19. The summed E-state index contributed by atoms with van der Waals surface area (Å²) in [6.45, 7) is 0.751. The molecule has 1 aliphatic heterocycles. The van der Waals surface area contributed by atoms with Gasteiger partial charge in [-0.1, -0.05) is 48.5 Å². The van der Waals surface area contributed by atoms with E-state index in [1.165, 1.54) is 10.9 Å². The van der Waals surface area contributed by atoms with Crippen LogP contribution in [-0.4, -0.2) is 24.2 Å². The molecule has 3 aromatic carbocycles. The van der Waals surface area contributed by atoms with Gasteiger partial charge in [0.2, 0.25) is 12.7 Å². The molecule has 0 spiro atoms. The fraction of sp³-hybridized carbons (Fsp3) is 0.148. The molecule has 0 atom stereocenters. The molecule has 0 saturated heterocycles. The first kappa shape index (κ1) is 19.5. The van der Waals surface area contributed by atoms with Crippen molar-refractivity contribution in [3.8, 4) is 22.8 Å². The molecule has 6 nitrogen and oxygen atoms in total. The molecule has 2 N–H and O–H groups in total. The van der Waals surface area contributed by atoms with Gasteiger partial charge in [0.15, 0.2) is 11.5 Å². The Balaban J connectivity index is 1.25. The molecule has 33 heavy (non-hydrogen) atoms. The smallest absolute Gasteiger partial charge is 0.231 e. The SMILES string of the molecule is O=C(Cc1c(-c2ccccc2)oc2cc3c(cc12)OCO3)NCCc1c[nH]c2ccccc12. The number of H-pyrrole nitrogens is 1. The maximum Gasteiger partial charge on any atom is 0.231 e. The monoisotopic (exact) mass is 438 g/mol. The van der Waals surface area contributed by atoms with E-state index in [1.807, 2.05) is 60.8 Å². The molecule has 0 unspecified atom stereocenters. The van der Waals surface area contributed by atoms with Crippen LogP contribution in [0.4, 0.5) is 0 Å². The number of benzene rings is 3. The average Bonchev–Trinajstić information content (AvgIpc) is 3.56. The van der Waals surface area contributed by atoms with Crippen molar-refractivity contribution in [1.82, 2.24) is 10.3 Å². The molecule has 1 aliphatic rings. The van der Waals surface area contributed by atoms with E-state index in [-0.39, 0.29) is 19.1 Å². The molecule has 1 amide bonds. The number of rotatable bonds is 6. The van der Waals surface area contributed by atoms with Crippen LogP contribution < -0.4 is 14.8 Å². The molecular weight excluding hydrogens is 416 g/mol. The average molecular weight is 438 g/mol. The molecule has 3 heterocycles. The molecule has 6 rings (SSSR count). The summed E-state index contributed by atoms with van der Waals surface area (Å²) in [5.74, 6) is 1.97. The number of furan rings is 1. The quantitative estimate of drug-likeness (QED) is 0.382. The number of carbonyl (C=O) groups is 1. The second kappa shape index (κ2) is 8.06. The van der Waals surface area contributed by atoms with Crippen LogP contribution in [0.2, 0.25) is 0 Å². The van der Waals surface area contributed by atoms with Crippen LogP contribution in [0.3, 0.4) is 0 Å². The van der Waals surface area contributed by atoms with Gasteiger partial charge in [-0.05, 0) is 24.1 Å². The second-order valence-electron chi connectivity index (χ2n) is 8.11. The molecular formula is C27H22N2O4. The maximum absolute atomic E-state index is 12.9. The fourth-order valence-corrected chi connectivity index (χ4v) is 4.43. The summed E-state index contributed by atoms with van der Waals surface area (Å²) in [7, 11) is 0. The zero-order chi connectivity index (χ0) is 22.2. The van der Waals surface area contributed by atoms with E-state index < -0.39 is 0 Å². The molecule has 5 aromatic rings. The van der Waals surface area contributed by atoms with E-state index in [9.17, 15) is 4.79 Å². The van der Waals surface area contributed by atoms with Crippen LogP contribution >= 0.6 is 0 Å². The van der Waals surface area contributed by atoms with Gasteiger partial charge in [0.05, 0.1) is 6.42 Å². The number of fused-ring (bicyclic) bond motifs is 3. The van der Waals surface area contributed by atoms with Gasteiger partial charge >= 0.3 is 0 Å². The van der Waals surface area contributed by atoms with E-state index >= 15 is 0 Å². The Morgan fingerprint density at radius 2 is 1.73 bits per heavy atom. The first-order chi connectivity index (χ1) is 16.3. The fourth-order valence-electron chi connectivity index (χ4n) is 4.43. The van der Waals surface area contributed by atoms with Crippen molar-refractivity contribution in [2.45, 2.75) is 12.8 Å². The van der Waals surface area contributed by atoms with Crippen LogP contribution in [0.15, 0.2) is 77.3 Å². The Bertz CT molecular complexity index is 1470. The molecule has 6 heteroatoms. The number of para-hydroxylation sites is 1. The molecule has 0 fully saturated rings. The van der Waals surface area contributed by atoms with Crippen molar-refractivity contribution >= 4 is 27.8 Å². The minimum Gasteiger partial charge on any atom is -0.456 e. The van der Waals surface area contributed by atoms with Crippen molar-refractivity contribution in [1.29, 1.82) is 0 Å².